The Balaban J connectivity index is 1.48. The molecule has 0 aliphatic carbocycles. The first-order valence-electron chi connectivity index (χ1n) is 12.1. The first-order chi connectivity index (χ1) is 17.2. The quantitative estimate of drug-likeness (QED) is 0.359. The monoisotopic (exact) mass is 501 g/mol. The van der Waals surface area contributed by atoms with Crippen LogP contribution < -0.4 is 9.64 Å². The molecule has 2 aliphatic heterocycles. The average molecular weight is 502 g/mol. The van der Waals surface area contributed by atoms with Crippen LogP contribution in [0.1, 0.15) is 50.0 Å². The van der Waals surface area contributed by atoms with Crippen LogP contribution in [0, 0.1) is 0 Å². The molecule has 186 valence electrons. The van der Waals surface area contributed by atoms with Gasteiger partial charge in [0.05, 0.1) is 30.5 Å². The van der Waals surface area contributed by atoms with E-state index >= 15 is 0 Å². The van der Waals surface area contributed by atoms with Crippen molar-refractivity contribution >= 4 is 40.3 Å². The van der Waals surface area contributed by atoms with E-state index in [9.17, 15) is 4.79 Å². The van der Waals surface area contributed by atoms with Gasteiger partial charge in [-0.3, -0.25) is 9.69 Å². The van der Waals surface area contributed by atoms with Crippen molar-refractivity contribution in [2.45, 2.75) is 45.2 Å². The molecule has 2 aromatic carbocycles. The number of amides is 1. The third-order valence-corrected chi connectivity index (χ3v) is 8.04. The largest absolute Gasteiger partial charge is 0.497 e. The van der Waals surface area contributed by atoms with Crippen molar-refractivity contribution in [1.29, 1.82) is 0 Å². The van der Waals surface area contributed by atoms with Gasteiger partial charge in [0.15, 0.2) is 5.17 Å². The molecule has 2 aliphatic rings. The van der Waals surface area contributed by atoms with Crippen molar-refractivity contribution in [3.63, 3.8) is 0 Å². The molecule has 7 heteroatoms. The number of amidine groups is 1. The maximum Gasteiger partial charge on any atom is 0.267 e. The van der Waals surface area contributed by atoms with Crippen LogP contribution in [0.2, 0.25) is 0 Å². The van der Waals surface area contributed by atoms with Gasteiger partial charge in [-0.2, -0.15) is 0 Å². The highest BCUT2D eigenvalue weighted by molar-refractivity contribution is 8.18. The number of aliphatic imine (C=N–C) groups is 1. The van der Waals surface area contributed by atoms with Crippen molar-refractivity contribution in [1.82, 2.24) is 4.90 Å². The Morgan fingerprint density at radius 3 is 2.67 bits per heavy atom. The molecule has 1 saturated heterocycles. The Labute approximate surface area is 216 Å². The number of furan rings is 1. The van der Waals surface area contributed by atoms with E-state index < -0.39 is 0 Å². The van der Waals surface area contributed by atoms with Crippen molar-refractivity contribution in [3.8, 4) is 5.75 Å². The number of fused-ring (bicyclic) bond motifs is 1. The van der Waals surface area contributed by atoms with Gasteiger partial charge < -0.3 is 14.1 Å². The molecule has 1 unspecified atom stereocenters. The van der Waals surface area contributed by atoms with Gasteiger partial charge in [0.1, 0.15) is 11.5 Å². The van der Waals surface area contributed by atoms with Gasteiger partial charge in [0, 0.05) is 18.3 Å². The molecule has 0 bridgehead atoms. The molecular weight excluding hydrogens is 470 g/mol. The van der Waals surface area contributed by atoms with Crippen molar-refractivity contribution in [2.24, 2.45) is 4.99 Å². The second-order valence-electron chi connectivity index (χ2n) is 9.97. The van der Waals surface area contributed by atoms with Crippen LogP contribution in [-0.2, 0) is 11.3 Å². The van der Waals surface area contributed by atoms with E-state index in [4.69, 9.17) is 14.1 Å². The summed E-state index contributed by atoms with van der Waals surface area (Å²) in [5, 5.41) is 0.626. The molecule has 36 heavy (non-hydrogen) atoms. The molecule has 3 heterocycles. The average Bonchev–Trinajstić information content (AvgIpc) is 3.47. The zero-order chi connectivity index (χ0) is 25.4. The summed E-state index contributed by atoms with van der Waals surface area (Å²) >= 11 is 1.39. The summed E-state index contributed by atoms with van der Waals surface area (Å²) in [6.45, 7) is 7.18. The topological polar surface area (TPSA) is 58.3 Å². The summed E-state index contributed by atoms with van der Waals surface area (Å²) in [6, 6.07) is 17.7. The van der Waals surface area contributed by atoms with Gasteiger partial charge in [-0.05, 0) is 104 Å². The highest BCUT2D eigenvalue weighted by Gasteiger charge is 2.36. The molecule has 0 radical (unpaired) electrons. The number of thioether (sulfide) groups is 1. The number of carbonyl (C=O) groups is 1. The van der Waals surface area contributed by atoms with Crippen LogP contribution in [0.3, 0.4) is 0 Å². The molecule has 0 saturated carbocycles. The highest BCUT2D eigenvalue weighted by Crippen LogP contribution is 2.43. The molecule has 1 amide bonds. The van der Waals surface area contributed by atoms with E-state index in [1.807, 2.05) is 42.5 Å². The fraction of sp³-hybridized carbons (Fsp3) is 0.310. The van der Waals surface area contributed by atoms with Gasteiger partial charge in [-0.25, -0.2) is 4.99 Å². The summed E-state index contributed by atoms with van der Waals surface area (Å²) < 4.78 is 10.8. The molecule has 0 spiro atoms. The minimum Gasteiger partial charge on any atom is -0.497 e. The van der Waals surface area contributed by atoms with Crippen LogP contribution in [0.4, 0.5) is 11.4 Å². The lowest BCUT2D eigenvalue weighted by Gasteiger charge is -2.45. The Hall–Kier alpha value is -3.45. The van der Waals surface area contributed by atoms with E-state index in [-0.39, 0.29) is 11.4 Å². The Morgan fingerprint density at radius 2 is 1.97 bits per heavy atom. The maximum atomic E-state index is 13.5. The molecule has 0 N–H and O–H groups in total. The summed E-state index contributed by atoms with van der Waals surface area (Å²) in [4.78, 5) is 23.0. The molecule has 1 fully saturated rings. The summed E-state index contributed by atoms with van der Waals surface area (Å²) in [6.07, 6.45) is 4.68. The summed E-state index contributed by atoms with van der Waals surface area (Å²) in [5.41, 5.74) is 4.47. The van der Waals surface area contributed by atoms with Crippen LogP contribution in [-0.4, -0.2) is 35.7 Å². The second kappa shape index (κ2) is 9.54. The molecule has 1 atom stereocenters. The fourth-order valence-electron chi connectivity index (χ4n) is 4.89. The third-order valence-electron chi connectivity index (χ3n) is 7.03. The zero-order valence-corrected chi connectivity index (χ0v) is 22.1. The number of benzene rings is 2. The van der Waals surface area contributed by atoms with Crippen LogP contribution in [0.15, 0.2) is 75.2 Å². The van der Waals surface area contributed by atoms with E-state index in [1.165, 1.54) is 23.0 Å². The van der Waals surface area contributed by atoms with Crippen LogP contribution in [0.25, 0.3) is 6.08 Å². The number of carbonyl (C=O) groups excluding carboxylic acids is 1. The predicted octanol–water partition coefficient (Wildman–Crippen LogP) is 6.81. The Bertz CT molecular complexity index is 1330. The second-order valence-corrected chi connectivity index (χ2v) is 11.0. The van der Waals surface area contributed by atoms with E-state index in [2.05, 4.69) is 50.9 Å². The molecular formula is C29H31N3O3S. The van der Waals surface area contributed by atoms with Crippen LogP contribution in [0.5, 0.6) is 5.75 Å². The smallest absolute Gasteiger partial charge is 0.267 e. The lowest BCUT2D eigenvalue weighted by Crippen LogP contribution is -2.45. The summed E-state index contributed by atoms with van der Waals surface area (Å²) in [7, 11) is 3.79. The Kier molecular flexibility index (Phi) is 6.43. The minimum absolute atomic E-state index is 0.0762. The number of hydrogen-bond acceptors (Lipinski definition) is 6. The number of anilines is 1. The normalized spacial score (nSPS) is 21.4. The van der Waals surface area contributed by atoms with Crippen molar-refractivity contribution < 1.29 is 13.9 Å². The molecule has 1 aromatic heterocycles. The number of nitrogens with zero attached hydrogens (tertiary/aromatic N) is 3. The predicted molar refractivity (Wildman–Crippen MR) is 147 cm³/mol. The molecule has 5 rings (SSSR count). The SMILES string of the molecule is COc1ccc(N=C2S/C(=C/c3ccc4c(c3)C(C)CC(C)(C)N4C)C(=O)N2Cc2ccco2)cc1. The lowest BCUT2D eigenvalue weighted by molar-refractivity contribution is -0.122. The minimum atomic E-state index is -0.0762. The van der Waals surface area contributed by atoms with Gasteiger partial charge in [0.2, 0.25) is 0 Å². The van der Waals surface area contributed by atoms with E-state index in [0.29, 0.717) is 28.3 Å². The van der Waals surface area contributed by atoms with E-state index in [1.54, 1.807) is 18.3 Å². The third kappa shape index (κ3) is 4.67. The fourth-order valence-corrected chi connectivity index (χ4v) is 5.89. The number of rotatable bonds is 5. The molecule has 6 nitrogen and oxygen atoms in total. The van der Waals surface area contributed by atoms with Crippen molar-refractivity contribution in [3.05, 3.63) is 82.7 Å². The van der Waals surface area contributed by atoms with Gasteiger partial charge in [-0.1, -0.05) is 13.0 Å². The first-order valence-corrected chi connectivity index (χ1v) is 12.9. The first kappa shape index (κ1) is 24.3. The van der Waals surface area contributed by atoms with Gasteiger partial charge in [-0.15, -0.1) is 0 Å². The number of hydrogen-bond donors (Lipinski definition) is 0. The van der Waals surface area contributed by atoms with Crippen molar-refractivity contribution in [2.75, 3.05) is 19.1 Å². The Morgan fingerprint density at radius 1 is 1.19 bits per heavy atom. The van der Waals surface area contributed by atoms with Gasteiger partial charge >= 0.3 is 0 Å². The highest BCUT2D eigenvalue weighted by atomic mass is 32.2. The van der Waals surface area contributed by atoms with E-state index in [0.717, 1.165) is 23.4 Å². The molecule has 3 aromatic rings. The maximum absolute atomic E-state index is 13.5. The lowest BCUT2D eigenvalue weighted by atomic mass is 9.80. The number of methoxy groups -OCH3 is 1. The van der Waals surface area contributed by atoms with Gasteiger partial charge in [0.25, 0.3) is 5.91 Å². The zero-order valence-electron chi connectivity index (χ0n) is 21.3. The summed E-state index contributed by atoms with van der Waals surface area (Å²) in [5.74, 6) is 1.84. The standard InChI is InChI=1S/C29H31N3O3S/c1-19-17-29(2,3)31(4)25-13-8-20(15-24(19)25)16-26-27(33)32(18-23-7-6-14-35-23)28(36-26)30-21-9-11-22(34-5)12-10-21/h6-16,19H,17-18H2,1-5H3/b26-16+,30-28?. The van der Waals surface area contributed by atoms with Crippen LogP contribution >= 0.6 is 11.8 Å². The number of ether oxygens (including phenoxy) is 1.